The van der Waals surface area contributed by atoms with Crippen LogP contribution in [0.4, 0.5) is 0 Å². The maximum Gasteiger partial charge on any atom is 0.179 e. The third-order valence-electron chi connectivity index (χ3n) is 3.41. The highest BCUT2D eigenvalue weighted by atomic mass is 35.5. The Labute approximate surface area is 118 Å². The van der Waals surface area contributed by atoms with Crippen molar-refractivity contribution in [2.45, 2.75) is 25.9 Å². The Morgan fingerprint density at radius 3 is 3.00 bits per heavy atom. The minimum Gasteiger partial charge on any atom is -0.292 e. The third-order valence-corrected chi connectivity index (χ3v) is 4.83. The fraction of sp³-hybridized carbons (Fsp3) is 0.500. The topological polar surface area (TPSA) is 20.3 Å². The first-order chi connectivity index (χ1) is 8.59. The summed E-state index contributed by atoms with van der Waals surface area (Å²) in [5.74, 6) is 2.38. The van der Waals surface area contributed by atoms with E-state index in [-0.39, 0.29) is 11.8 Å². The number of ketones is 1. The van der Waals surface area contributed by atoms with Gasteiger partial charge in [-0.1, -0.05) is 23.7 Å². The van der Waals surface area contributed by atoms with E-state index in [1.165, 1.54) is 0 Å². The molecule has 2 nitrogen and oxygen atoms in total. The summed E-state index contributed by atoms with van der Waals surface area (Å²) in [6.07, 6.45) is 0. The number of nitrogens with zero attached hydrogens (tertiary/aromatic N) is 1. The molecule has 0 amide bonds. The van der Waals surface area contributed by atoms with E-state index < -0.39 is 0 Å². The molecule has 0 saturated carbocycles. The quantitative estimate of drug-likeness (QED) is 0.794. The van der Waals surface area contributed by atoms with Gasteiger partial charge >= 0.3 is 0 Å². The number of halogens is 1. The monoisotopic (exact) mass is 283 g/mol. The minimum absolute atomic E-state index is 0.0700. The van der Waals surface area contributed by atoms with Crippen LogP contribution in [0.15, 0.2) is 24.3 Å². The van der Waals surface area contributed by atoms with E-state index in [1.54, 1.807) is 12.1 Å². The maximum absolute atomic E-state index is 12.4. The summed E-state index contributed by atoms with van der Waals surface area (Å²) in [6.45, 7) is 5.17. The van der Waals surface area contributed by atoms with Crippen LogP contribution >= 0.6 is 23.4 Å². The number of carbonyl (C=O) groups excluding carboxylic acids is 1. The molecule has 2 unspecified atom stereocenters. The van der Waals surface area contributed by atoms with Gasteiger partial charge in [0, 0.05) is 34.7 Å². The Hall–Kier alpha value is -0.510. The minimum atomic E-state index is -0.0700. The van der Waals surface area contributed by atoms with Gasteiger partial charge in [0.15, 0.2) is 5.78 Å². The highest BCUT2D eigenvalue weighted by Crippen LogP contribution is 2.21. The van der Waals surface area contributed by atoms with Gasteiger partial charge in [-0.25, -0.2) is 0 Å². The average molecular weight is 284 g/mol. The lowest BCUT2D eigenvalue weighted by atomic mass is 10.0. The molecular weight excluding hydrogens is 266 g/mol. The Morgan fingerprint density at radius 1 is 1.56 bits per heavy atom. The van der Waals surface area contributed by atoms with E-state index in [9.17, 15) is 4.79 Å². The van der Waals surface area contributed by atoms with E-state index in [0.717, 1.165) is 18.1 Å². The van der Waals surface area contributed by atoms with E-state index >= 15 is 0 Å². The second kappa shape index (κ2) is 6.09. The van der Waals surface area contributed by atoms with Gasteiger partial charge in [-0.2, -0.15) is 11.8 Å². The molecule has 0 aliphatic carbocycles. The van der Waals surface area contributed by atoms with Gasteiger partial charge in [0.1, 0.15) is 0 Å². The Bertz CT molecular complexity index is 438. The van der Waals surface area contributed by atoms with Crippen molar-refractivity contribution >= 4 is 29.1 Å². The van der Waals surface area contributed by atoms with E-state index in [2.05, 4.69) is 11.8 Å². The first kappa shape index (κ1) is 13.9. The number of Topliss-reactive ketones (excluding diaryl/α,β-unsaturated/α-hetero) is 1. The van der Waals surface area contributed by atoms with E-state index in [4.69, 9.17) is 11.6 Å². The number of carbonyl (C=O) groups is 1. The highest BCUT2D eigenvalue weighted by Gasteiger charge is 2.28. The van der Waals surface area contributed by atoms with Crippen molar-refractivity contribution in [1.29, 1.82) is 0 Å². The Morgan fingerprint density at radius 2 is 2.33 bits per heavy atom. The van der Waals surface area contributed by atoms with E-state index in [1.807, 2.05) is 30.8 Å². The SMILES string of the molecule is CC1CSCCN1C(C)C(=O)c1cccc(Cl)c1. The van der Waals surface area contributed by atoms with Gasteiger partial charge < -0.3 is 0 Å². The van der Waals surface area contributed by atoms with E-state index in [0.29, 0.717) is 16.6 Å². The molecular formula is C14H18ClNOS. The molecule has 1 aliphatic rings. The zero-order valence-corrected chi connectivity index (χ0v) is 12.3. The van der Waals surface area contributed by atoms with Crippen LogP contribution < -0.4 is 0 Å². The number of hydrogen-bond donors (Lipinski definition) is 0. The predicted molar refractivity (Wildman–Crippen MR) is 78.7 cm³/mol. The van der Waals surface area contributed by atoms with Crippen molar-refractivity contribution in [2.24, 2.45) is 0 Å². The molecule has 0 bridgehead atoms. The summed E-state index contributed by atoms with van der Waals surface area (Å²) < 4.78 is 0. The Kier molecular flexibility index (Phi) is 4.71. The zero-order valence-electron chi connectivity index (χ0n) is 10.7. The summed E-state index contributed by atoms with van der Waals surface area (Å²) in [6, 6.07) is 7.61. The van der Waals surface area contributed by atoms with Crippen LogP contribution in [0.25, 0.3) is 0 Å². The average Bonchev–Trinajstić information content (AvgIpc) is 2.37. The molecule has 1 fully saturated rings. The van der Waals surface area contributed by atoms with Gasteiger partial charge in [0.25, 0.3) is 0 Å². The number of rotatable bonds is 3. The molecule has 98 valence electrons. The first-order valence-corrected chi connectivity index (χ1v) is 7.76. The number of thioether (sulfide) groups is 1. The summed E-state index contributed by atoms with van der Waals surface area (Å²) in [7, 11) is 0. The molecule has 1 aromatic carbocycles. The lowest BCUT2D eigenvalue weighted by Gasteiger charge is -2.36. The second-order valence-corrected chi connectivity index (χ2v) is 6.30. The standard InChI is InChI=1S/C14H18ClNOS/c1-10-9-18-7-6-16(10)11(2)14(17)12-4-3-5-13(15)8-12/h3-5,8,10-11H,6-7,9H2,1-2H3. The number of hydrogen-bond acceptors (Lipinski definition) is 3. The molecule has 1 heterocycles. The van der Waals surface area contributed by atoms with Crippen molar-refractivity contribution in [1.82, 2.24) is 4.90 Å². The van der Waals surface area contributed by atoms with Crippen LogP contribution in [0.5, 0.6) is 0 Å². The van der Waals surface area contributed by atoms with Crippen LogP contribution in [0, 0.1) is 0 Å². The lowest BCUT2D eigenvalue weighted by Crippen LogP contribution is -2.49. The first-order valence-electron chi connectivity index (χ1n) is 6.23. The molecule has 0 radical (unpaired) electrons. The molecule has 0 N–H and O–H groups in total. The summed E-state index contributed by atoms with van der Waals surface area (Å²) in [5, 5.41) is 0.621. The fourth-order valence-electron chi connectivity index (χ4n) is 2.35. The van der Waals surface area contributed by atoms with Gasteiger partial charge in [-0.15, -0.1) is 0 Å². The lowest BCUT2D eigenvalue weighted by molar-refractivity contribution is 0.0799. The number of benzene rings is 1. The van der Waals surface area contributed by atoms with Gasteiger partial charge in [0.2, 0.25) is 0 Å². The molecule has 2 rings (SSSR count). The summed E-state index contributed by atoms with van der Waals surface area (Å²) in [5.41, 5.74) is 0.709. The van der Waals surface area contributed by atoms with Gasteiger partial charge in [-0.3, -0.25) is 9.69 Å². The van der Waals surface area contributed by atoms with Crippen molar-refractivity contribution in [3.8, 4) is 0 Å². The van der Waals surface area contributed by atoms with Crippen molar-refractivity contribution in [3.05, 3.63) is 34.9 Å². The smallest absolute Gasteiger partial charge is 0.179 e. The summed E-state index contributed by atoms with van der Waals surface area (Å²) in [4.78, 5) is 14.7. The van der Waals surface area contributed by atoms with Crippen molar-refractivity contribution in [2.75, 3.05) is 18.1 Å². The van der Waals surface area contributed by atoms with Crippen LogP contribution in [0.2, 0.25) is 5.02 Å². The molecule has 1 aromatic rings. The fourth-order valence-corrected chi connectivity index (χ4v) is 3.58. The van der Waals surface area contributed by atoms with Gasteiger partial charge in [0.05, 0.1) is 6.04 Å². The van der Waals surface area contributed by atoms with Crippen LogP contribution in [-0.2, 0) is 0 Å². The van der Waals surface area contributed by atoms with Crippen molar-refractivity contribution < 1.29 is 4.79 Å². The van der Waals surface area contributed by atoms with Gasteiger partial charge in [-0.05, 0) is 26.0 Å². The van der Waals surface area contributed by atoms with Crippen molar-refractivity contribution in [3.63, 3.8) is 0 Å². The van der Waals surface area contributed by atoms with Crippen LogP contribution in [0.1, 0.15) is 24.2 Å². The molecule has 0 spiro atoms. The zero-order chi connectivity index (χ0) is 13.1. The van der Waals surface area contributed by atoms with Crippen LogP contribution in [-0.4, -0.2) is 40.8 Å². The molecule has 2 atom stereocenters. The molecule has 18 heavy (non-hydrogen) atoms. The third kappa shape index (κ3) is 3.08. The largest absolute Gasteiger partial charge is 0.292 e. The molecule has 4 heteroatoms. The normalized spacial score (nSPS) is 22.7. The molecule has 1 aliphatic heterocycles. The Balaban J connectivity index is 2.13. The highest BCUT2D eigenvalue weighted by molar-refractivity contribution is 7.99. The summed E-state index contributed by atoms with van der Waals surface area (Å²) >= 11 is 7.90. The molecule has 1 saturated heterocycles. The van der Waals surface area contributed by atoms with Crippen LogP contribution in [0.3, 0.4) is 0 Å². The maximum atomic E-state index is 12.4. The molecule has 0 aromatic heterocycles. The predicted octanol–water partition coefficient (Wildman–Crippen LogP) is 3.35. The second-order valence-electron chi connectivity index (χ2n) is 4.71.